The molecule has 0 amide bonds. The lowest BCUT2D eigenvalue weighted by molar-refractivity contribution is -0.384. The maximum absolute atomic E-state index is 10.4. The molecular formula is C9H8N4O4. The van der Waals surface area contributed by atoms with Crippen molar-refractivity contribution in [3.05, 3.63) is 34.4 Å². The highest BCUT2D eigenvalue weighted by atomic mass is 16.6. The maximum atomic E-state index is 10.4. The lowest BCUT2D eigenvalue weighted by Gasteiger charge is -1.99. The predicted octanol–water partition coefficient (Wildman–Crippen LogP) is 1.73. The smallest absolute Gasteiger partial charge is 0.415 e. The molecule has 0 atom stereocenters. The van der Waals surface area contributed by atoms with Crippen LogP contribution in [0, 0.1) is 10.1 Å². The van der Waals surface area contributed by atoms with Crippen LogP contribution in [0.25, 0.3) is 0 Å². The third kappa shape index (κ3) is 2.48. The highest BCUT2D eigenvalue weighted by Crippen LogP contribution is 2.20. The van der Waals surface area contributed by atoms with Crippen LogP contribution in [0.1, 0.15) is 0 Å². The van der Waals surface area contributed by atoms with Gasteiger partial charge in [-0.15, -0.1) is 0 Å². The molecule has 0 fully saturated rings. The number of hydrogen-bond donors (Lipinski definition) is 1. The van der Waals surface area contributed by atoms with E-state index in [9.17, 15) is 10.1 Å². The molecule has 0 spiro atoms. The highest BCUT2D eigenvalue weighted by molar-refractivity contribution is 5.54. The molecule has 88 valence electrons. The van der Waals surface area contributed by atoms with Crippen LogP contribution in [0.2, 0.25) is 0 Å². The van der Waals surface area contributed by atoms with Crippen molar-refractivity contribution in [1.82, 2.24) is 10.2 Å². The van der Waals surface area contributed by atoms with E-state index < -0.39 is 4.92 Å². The first-order chi connectivity index (χ1) is 8.19. The van der Waals surface area contributed by atoms with Crippen molar-refractivity contribution in [2.75, 3.05) is 12.4 Å². The number of ether oxygens (including phenoxy) is 1. The number of non-ortho nitro benzene ring substituents is 1. The number of nitro groups is 1. The van der Waals surface area contributed by atoms with Gasteiger partial charge in [0.15, 0.2) is 0 Å². The van der Waals surface area contributed by atoms with Gasteiger partial charge in [-0.1, -0.05) is 10.2 Å². The first-order valence-electron chi connectivity index (χ1n) is 4.58. The molecule has 2 aromatic rings. The summed E-state index contributed by atoms with van der Waals surface area (Å²) in [6.45, 7) is 0. The van der Waals surface area contributed by atoms with Crippen LogP contribution >= 0.6 is 0 Å². The summed E-state index contributed by atoms with van der Waals surface area (Å²) in [5.74, 6) is 0. The summed E-state index contributed by atoms with van der Waals surface area (Å²) < 4.78 is 9.74. The monoisotopic (exact) mass is 236 g/mol. The summed E-state index contributed by atoms with van der Waals surface area (Å²) in [6, 6.07) is 5.96. The second-order valence-electron chi connectivity index (χ2n) is 3.01. The second-order valence-corrected chi connectivity index (χ2v) is 3.01. The molecule has 2 rings (SSSR count). The van der Waals surface area contributed by atoms with Gasteiger partial charge in [0.1, 0.15) is 0 Å². The molecule has 8 nitrogen and oxygen atoms in total. The third-order valence-electron chi connectivity index (χ3n) is 1.91. The number of methoxy groups -OCH3 is 1. The third-order valence-corrected chi connectivity index (χ3v) is 1.91. The van der Waals surface area contributed by atoms with Crippen LogP contribution in [0.5, 0.6) is 6.08 Å². The Balaban J connectivity index is 2.10. The van der Waals surface area contributed by atoms with Gasteiger partial charge in [-0.25, -0.2) is 0 Å². The molecule has 0 radical (unpaired) electrons. The van der Waals surface area contributed by atoms with Crippen molar-refractivity contribution in [2.24, 2.45) is 0 Å². The van der Waals surface area contributed by atoms with Crippen LogP contribution < -0.4 is 10.1 Å². The molecule has 0 unspecified atom stereocenters. The van der Waals surface area contributed by atoms with E-state index in [1.54, 1.807) is 0 Å². The average molecular weight is 236 g/mol. The van der Waals surface area contributed by atoms with Crippen LogP contribution in [0.15, 0.2) is 28.7 Å². The number of hydrogen-bond acceptors (Lipinski definition) is 7. The van der Waals surface area contributed by atoms with Gasteiger partial charge in [-0.05, 0) is 12.1 Å². The molecule has 0 saturated heterocycles. The van der Waals surface area contributed by atoms with Crippen molar-refractivity contribution in [3.63, 3.8) is 0 Å². The Morgan fingerprint density at radius 2 is 2.06 bits per heavy atom. The van der Waals surface area contributed by atoms with E-state index in [2.05, 4.69) is 15.5 Å². The average Bonchev–Trinajstić information content (AvgIpc) is 2.77. The predicted molar refractivity (Wildman–Crippen MR) is 57.2 cm³/mol. The fraction of sp³-hybridized carbons (Fsp3) is 0.111. The van der Waals surface area contributed by atoms with Gasteiger partial charge < -0.3 is 14.5 Å². The topological polar surface area (TPSA) is 103 Å². The van der Waals surface area contributed by atoms with Crippen molar-refractivity contribution in [2.45, 2.75) is 0 Å². The highest BCUT2D eigenvalue weighted by Gasteiger charge is 2.07. The second kappa shape index (κ2) is 4.47. The molecule has 1 N–H and O–H groups in total. The summed E-state index contributed by atoms with van der Waals surface area (Å²) in [5.41, 5.74) is 0.612. The molecule has 1 heterocycles. The van der Waals surface area contributed by atoms with Gasteiger partial charge in [0.2, 0.25) is 0 Å². The minimum absolute atomic E-state index is 0.0126. The summed E-state index contributed by atoms with van der Waals surface area (Å²) in [6.07, 6.45) is 0.0365. The number of benzene rings is 1. The van der Waals surface area contributed by atoms with Crippen LogP contribution in [0.4, 0.5) is 17.4 Å². The van der Waals surface area contributed by atoms with Gasteiger partial charge in [-0.3, -0.25) is 10.1 Å². The Hall–Kier alpha value is -2.64. The number of nitrogens with zero attached hydrogens (tertiary/aromatic N) is 3. The zero-order chi connectivity index (χ0) is 12.3. The first kappa shape index (κ1) is 10.9. The van der Waals surface area contributed by atoms with Crippen molar-refractivity contribution in [1.29, 1.82) is 0 Å². The zero-order valence-corrected chi connectivity index (χ0v) is 8.78. The lowest BCUT2D eigenvalue weighted by Crippen LogP contribution is -1.91. The van der Waals surface area contributed by atoms with E-state index >= 15 is 0 Å². The summed E-state index contributed by atoms with van der Waals surface area (Å²) in [4.78, 5) is 9.97. The molecule has 8 heteroatoms. The van der Waals surface area contributed by atoms with Crippen LogP contribution in [0.3, 0.4) is 0 Å². The first-order valence-corrected chi connectivity index (χ1v) is 4.58. The number of rotatable bonds is 4. The Morgan fingerprint density at radius 3 is 2.59 bits per heavy atom. The maximum Gasteiger partial charge on any atom is 0.415 e. The Morgan fingerprint density at radius 1 is 1.35 bits per heavy atom. The number of aromatic nitrogens is 2. The van der Waals surface area contributed by atoms with Gasteiger partial charge >= 0.3 is 12.1 Å². The van der Waals surface area contributed by atoms with Crippen molar-refractivity contribution in [3.8, 4) is 6.08 Å². The van der Waals surface area contributed by atoms with Gasteiger partial charge in [0.25, 0.3) is 5.69 Å². The Bertz CT molecular complexity index is 522. The molecule has 1 aromatic heterocycles. The zero-order valence-electron chi connectivity index (χ0n) is 8.78. The fourth-order valence-electron chi connectivity index (χ4n) is 1.13. The summed E-state index contributed by atoms with van der Waals surface area (Å²) in [7, 11) is 1.41. The Kier molecular flexibility index (Phi) is 2.86. The number of nitrogens with one attached hydrogen (secondary N) is 1. The quantitative estimate of drug-likeness (QED) is 0.636. The standard InChI is InChI=1S/C9H8N4O4/c1-16-9-12-11-8(17-9)10-6-2-4-7(5-3-6)13(14)15/h2-5H,1H3,(H,10,11). The summed E-state index contributed by atoms with van der Waals surface area (Å²) >= 11 is 0. The lowest BCUT2D eigenvalue weighted by atomic mass is 10.3. The number of nitro benzene ring substituents is 1. The molecular weight excluding hydrogens is 228 g/mol. The molecule has 0 saturated carbocycles. The molecule has 0 aliphatic heterocycles. The SMILES string of the molecule is COc1nnc(Nc2ccc([N+](=O)[O-])cc2)o1. The van der Waals surface area contributed by atoms with Crippen molar-refractivity contribution < 1.29 is 14.1 Å². The number of anilines is 2. The normalized spacial score (nSPS) is 9.94. The van der Waals surface area contributed by atoms with Crippen LogP contribution in [-0.4, -0.2) is 22.2 Å². The van der Waals surface area contributed by atoms with Gasteiger partial charge in [0, 0.05) is 17.8 Å². The minimum atomic E-state index is -0.473. The largest absolute Gasteiger partial charge is 0.452 e. The van der Waals surface area contributed by atoms with Gasteiger partial charge in [0.05, 0.1) is 12.0 Å². The van der Waals surface area contributed by atoms with E-state index in [0.29, 0.717) is 5.69 Å². The van der Waals surface area contributed by atoms with Crippen LogP contribution in [-0.2, 0) is 0 Å². The molecule has 0 bridgehead atoms. The minimum Gasteiger partial charge on any atom is -0.452 e. The van der Waals surface area contributed by atoms with Gasteiger partial charge in [-0.2, -0.15) is 0 Å². The molecule has 0 aliphatic rings. The van der Waals surface area contributed by atoms with E-state index in [-0.39, 0.29) is 17.8 Å². The molecule has 0 aliphatic carbocycles. The van der Waals surface area contributed by atoms with E-state index in [4.69, 9.17) is 9.15 Å². The van der Waals surface area contributed by atoms with Crippen molar-refractivity contribution >= 4 is 17.4 Å². The molecule has 1 aromatic carbocycles. The van der Waals surface area contributed by atoms with E-state index in [0.717, 1.165) is 0 Å². The Labute approximate surface area is 95.4 Å². The van der Waals surface area contributed by atoms with E-state index in [1.165, 1.54) is 31.4 Å². The summed E-state index contributed by atoms with van der Waals surface area (Å²) in [5, 5.41) is 20.4. The molecule has 17 heavy (non-hydrogen) atoms. The fourth-order valence-corrected chi connectivity index (χ4v) is 1.13. The van der Waals surface area contributed by atoms with E-state index in [1.807, 2.05) is 0 Å².